The SMILES string of the molecule is CCc1cc(-c2ccc(C(=O)N3CCC(F)(F)CC3)cc2)nc(N(C)C)n1. The Morgan fingerprint density at radius 2 is 1.78 bits per heavy atom. The van der Waals surface area contributed by atoms with Gasteiger partial charge in [-0.1, -0.05) is 19.1 Å². The molecule has 0 aliphatic carbocycles. The van der Waals surface area contributed by atoms with Crippen LogP contribution in [0.3, 0.4) is 0 Å². The van der Waals surface area contributed by atoms with Crippen LogP contribution >= 0.6 is 0 Å². The molecule has 0 saturated carbocycles. The van der Waals surface area contributed by atoms with Crippen LogP contribution in [-0.2, 0) is 6.42 Å². The van der Waals surface area contributed by atoms with E-state index in [9.17, 15) is 13.6 Å². The number of nitrogens with zero attached hydrogens (tertiary/aromatic N) is 4. The lowest BCUT2D eigenvalue weighted by molar-refractivity contribution is -0.0494. The van der Waals surface area contributed by atoms with Crippen molar-refractivity contribution in [1.82, 2.24) is 14.9 Å². The van der Waals surface area contributed by atoms with Gasteiger partial charge in [-0.15, -0.1) is 0 Å². The molecule has 1 saturated heterocycles. The molecular formula is C20H24F2N4O. The number of alkyl halides is 2. The summed E-state index contributed by atoms with van der Waals surface area (Å²) in [6.45, 7) is 2.21. The van der Waals surface area contributed by atoms with Crippen molar-refractivity contribution < 1.29 is 13.6 Å². The Kier molecular flexibility index (Phi) is 5.39. The van der Waals surface area contributed by atoms with Crippen molar-refractivity contribution in [3.63, 3.8) is 0 Å². The molecule has 1 fully saturated rings. The second-order valence-electron chi connectivity index (χ2n) is 7.02. The van der Waals surface area contributed by atoms with Gasteiger partial charge in [0.25, 0.3) is 11.8 Å². The zero-order chi connectivity index (χ0) is 19.6. The van der Waals surface area contributed by atoms with E-state index in [-0.39, 0.29) is 31.8 Å². The summed E-state index contributed by atoms with van der Waals surface area (Å²) in [5.41, 5.74) is 3.12. The Balaban J connectivity index is 1.79. The van der Waals surface area contributed by atoms with E-state index >= 15 is 0 Å². The van der Waals surface area contributed by atoms with Crippen LogP contribution in [-0.4, -0.2) is 53.9 Å². The zero-order valence-corrected chi connectivity index (χ0v) is 15.9. The lowest BCUT2D eigenvalue weighted by Gasteiger charge is -2.31. The van der Waals surface area contributed by atoms with Crippen molar-refractivity contribution in [3.05, 3.63) is 41.6 Å². The van der Waals surface area contributed by atoms with E-state index in [1.807, 2.05) is 44.1 Å². The Bertz CT molecular complexity index is 811. The number of piperidine rings is 1. The molecule has 2 aromatic rings. The number of rotatable bonds is 4. The summed E-state index contributed by atoms with van der Waals surface area (Å²) in [6.07, 6.45) is 0.252. The van der Waals surface area contributed by atoms with Crippen LogP contribution in [0.1, 0.15) is 35.8 Å². The van der Waals surface area contributed by atoms with Crippen LogP contribution in [0.4, 0.5) is 14.7 Å². The molecule has 0 N–H and O–H groups in total. The zero-order valence-electron chi connectivity index (χ0n) is 15.9. The fourth-order valence-electron chi connectivity index (χ4n) is 3.02. The molecule has 7 heteroatoms. The van der Waals surface area contributed by atoms with E-state index in [2.05, 4.69) is 9.97 Å². The Morgan fingerprint density at radius 3 is 2.33 bits per heavy atom. The standard InChI is InChI=1S/C20H24F2N4O/c1-4-16-13-17(24-19(23-16)25(2)3)14-5-7-15(8-6-14)18(27)26-11-9-20(21,22)10-12-26/h5-8,13H,4,9-12H2,1-3H3. The van der Waals surface area contributed by atoms with Gasteiger partial charge in [0.15, 0.2) is 0 Å². The van der Waals surface area contributed by atoms with E-state index in [0.717, 1.165) is 23.4 Å². The van der Waals surface area contributed by atoms with Crippen molar-refractivity contribution in [2.75, 3.05) is 32.1 Å². The molecule has 1 aromatic carbocycles. The van der Waals surface area contributed by atoms with Crippen molar-refractivity contribution in [1.29, 1.82) is 0 Å². The number of aromatic nitrogens is 2. The molecule has 3 rings (SSSR count). The highest BCUT2D eigenvalue weighted by Gasteiger charge is 2.35. The second kappa shape index (κ2) is 7.58. The average molecular weight is 374 g/mol. The maximum atomic E-state index is 13.3. The van der Waals surface area contributed by atoms with Crippen molar-refractivity contribution >= 4 is 11.9 Å². The highest BCUT2D eigenvalue weighted by atomic mass is 19.3. The van der Waals surface area contributed by atoms with E-state index in [1.54, 1.807) is 12.1 Å². The molecule has 0 bridgehead atoms. The minimum Gasteiger partial charge on any atom is -0.347 e. The molecule has 0 unspecified atom stereocenters. The fraction of sp³-hybridized carbons (Fsp3) is 0.450. The fourth-order valence-corrected chi connectivity index (χ4v) is 3.02. The molecular weight excluding hydrogens is 350 g/mol. The summed E-state index contributed by atoms with van der Waals surface area (Å²) >= 11 is 0. The van der Waals surface area contributed by atoms with E-state index < -0.39 is 5.92 Å². The van der Waals surface area contributed by atoms with Gasteiger partial charge < -0.3 is 9.80 Å². The van der Waals surface area contributed by atoms with Crippen LogP contribution in [0.2, 0.25) is 0 Å². The number of hydrogen-bond donors (Lipinski definition) is 0. The molecule has 0 radical (unpaired) electrons. The number of hydrogen-bond acceptors (Lipinski definition) is 4. The predicted molar refractivity (Wildman–Crippen MR) is 101 cm³/mol. The third kappa shape index (κ3) is 4.40. The molecule has 144 valence electrons. The first-order valence-corrected chi connectivity index (χ1v) is 9.12. The normalized spacial score (nSPS) is 16.3. The molecule has 0 atom stereocenters. The molecule has 0 spiro atoms. The number of carbonyl (C=O) groups is 1. The lowest BCUT2D eigenvalue weighted by Crippen LogP contribution is -2.42. The van der Waals surface area contributed by atoms with Crippen LogP contribution in [0.15, 0.2) is 30.3 Å². The molecule has 27 heavy (non-hydrogen) atoms. The number of aryl methyl sites for hydroxylation is 1. The topological polar surface area (TPSA) is 49.3 Å². The number of anilines is 1. The van der Waals surface area contributed by atoms with Crippen LogP contribution in [0, 0.1) is 0 Å². The largest absolute Gasteiger partial charge is 0.347 e. The van der Waals surface area contributed by atoms with E-state index in [0.29, 0.717) is 11.5 Å². The first-order chi connectivity index (χ1) is 12.8. The van der Waals surface area contributed by atoms with E-state index in [4.69, 9.17) is 0 Å². The number of amides is 1. The van der Waals surface area contributed by atoms with Gasteiger partial charge in [0.1, 0.15) is 0 Å². The third-order valence-electron chi connectivity index (χ3n) is 4.74. The number of benzene rings is 1. The van der Waals surface area contributed by atoms with Crippen LogP contribution in [0.25, 0.3) is 11.3 Å². The lowest BCUT2D eigenvalue weighted by atomic mass is 10.0. The van der Waals surface area contributed by atoms with Gasteiger partial charge in [-0.2, -0.15) is 0 Å². The van der Waals surface area contributed by atoms with Gasteiger partial charge in [0.2, 0.25) is 5.95 Å². The summed E-state index contributed by atoms with van der Waals surface area (Å²) in [5, 5.41) is 0. The Hall–Kier alpha value is -2.57. The van der Waals surface area contributed by atoms with Gasteiger partial charge in [0.05, 0.1) is 5.69 Å². The smallest absolute Gasteiger partial charge is 0.253 e. The quantitative estimate of drug-likeness (QED) is 0.820. The van der Waals surface area contributed by atoms with Gasteiger partial charge in [0, 0.05) is 56.8 Å². The first-order valence-electron chi connectivity index (χ1n) is 9.12. The Labute approximate surface area is 158 Å². The highest BCUT2D eigenvalue weighted by Crippen LogP contribution is 2.28. The monoisotopic (exact) mass is 374 g/mol. The Morgan fingerprint density at radius 1 is 1.15 bits per heavy atom. The summed E-state index contributed by atoms with van der Waals surface area (Å²) in [4.78, 5) is 25.0. The van der Waals surface area contributed by atoms with Crippen molar-refractivity contribution in [2.24, 2.45) is 0 Å². The van der Waals surface area contributed by atoms with Gasteiger partial charge in [-0.25, -0.2) is 18.7 Å². The third-order valence-corrected chi connectivity index (χ3v) is 4.74. The van der Waals surface area contributed by atoms with Gasteiger partial charge in [-0.3, -0.25) is 4.79 Å². The minimum atomic E-state index is -2.66. The van der Waals surface area contributed by atoms with Crippen molar-refractivity contribution in [3.8, 4) is 11.3 Å². The van der Waals surface area contributed by atoms with Crippen LogP contribution < -0.4 is 4.90 Å². The van der Waals surface area contributed by atoms with Crippen molar-refractivity contribution in [2.45, 2.75) is 32.1 Å². The molecule has 1 aliphatic heterocycles. The predicted octanol–water partition coefficient (Wildman–Crippen LogP) is 3.64. The molecule has 1 aliphatic rings. The number of likely N-dealkylation sites (tertiary alicyclic amines) is 1. The summed E-state index contributed by atoms with van der Waals surface area (Å²) in [5.74, 6) is -2.23. The minimum absolute atomic E-state index is 0.0888. The highest BCUT2D eigenvalue weighted by molar-refractivity contribution is 5.94. The summed E-state index contributed by atoms with van der Waals surface area (Å²) < 4.78 is 26.6. The maximum absolute atomic E-state index is 13.3. The number of halogens is 2. The van der Waals surface area contributed by atoms with Crippen LogP contribution in [0.5, 0.6) is 0 Å². The second-order valence-corrected chi connectivity index (χ2v) is 7.02. The molecule has 5 nitrogen and oxygen atoms in total. The van der Waals surface area contributed by atoms with Gasteiger partial charge in [-0.05, 0) is 24.6 Å². The summed E-state index contributed by atoms with van der Waals surface area (Å²) in [7, 11) is 3.78. The maximum Gasteiger partial charge on any atom is 0.253 e. The number of carbonyl (C=O) groups excluding carboxylic acids is 1. The molecule has 1 amide bonds. The summed E-state index contributed by atoms with van der Waals surface area (Å²) in [6, 6.07) is 9.08. The average Bonchev–Trinajstić information content (AvgIpc) is 2.67. The first kappa shape index (κ1) is 19.2. The molecule has 2 heterocycles. The van der Waals surface area contributed by atoms with Gasteiger partial charge >= 0.3 is 0 Å². The van der Waals surface area contributed by atoms with E-state index in [1.165, 1.54) is 4.90 Å². The molecule has 1 aromatic heterocycles.